The molecule has 5 heteroatoms. The highest BCUT2D eigenvalue weighted by Crippen LogP contribution is 2.18. The number of carbonyl (C=O) groups excluding carboxylic acids is 1. The number of esters is 1. The van der Waals surface area contributed by atoms with Gasteiger partial charge in [0, 0.05) is 6.08 Å². The van der Waals surface area contributed by atoms with Gasteiger partial charge in [0.1, 0.15) is 17.1 Å². The molecule has 0 unspecified atom stereocenters. The summed E-state index contributed by atoms with van der Waals surface area (Å²) in [5.74, 6) is -2.29. The highest BCUT2D eigenvalue weighted by atomic mass is 19.1. The highest BCUT2D eigenvalue weighted by Gasteiger charge is 2.12. The lowest BCUT2D eigenvalue weighted by Gasteiger charge is -2.04. The molecule has 1 N–H and O–H groups in total. The van der Waals surface area contributed by atoms with E-state index in [0.717, 1.165) is 6.08 Å². The molecule has 0 saturated carbocycles. The summed E-state index contributed by atoms with van der Waals surface area (Å²) in [6.45, 7) is 0. The van der Waals surface area contributed by atoms with Gasteiger partial charge in [-0.25, -0.2) is 14.0 Å². The van der Waals surface area contributed by atoms with E-state index < -0.39 is 11.9 Å². The summed E-state index contributed by atoms with van der Waals surface area (Å²) in [5.41, 5.74) is 0.529. The first-order chi connectivity index (χ1) is 10.1. The summed E-state index contributed by atoms with van der Waals surface area (Å²) in [5, 5.41) is 8.97. The average molecular weight is 286 g/mol. The van der Waals surface area contributed by atoms with Crippen LogP contribution in [0.3, 0.4) is 0 Å². The van der Waals surface area contributed by atoms with Gasteiger partial charge in [0.2, 0.25) is 0 Å². The number of benzene rings is 2. The number of para-hydroxylation sites is 1. The molecule has 0 aromatic heterocycles. The topological polar surface area (TPSA) is 63.6 Å². The molecule has 0 radical (unpaired) electrons. The van der Waals surface area contributed by atoms with Crippen LogP contribution in [0.5, 0.6) is 5.75 Å². The fraction of sp³-hybridized carbons (Fsp3) is 0. The third-order valence-corrected chi connectivity index (χ3v) is 2.61. The fourth-order valence-electron chi connectivity index (χ4n) is 1.61. The van der Waals surface area contributed by atoms with Crippen LogP contribution in [0.2, 0.25) is 0 Å². The molecule has 2 aromatic rings. The van der Waals surface area contributed by atoms with Gasteiger partial charge in [0.25, 0.3) is 0 Å². The Kier molecular flexibility index (Phi) is 4.46. The van der Waals surface area contributed by atoms with Crippen molar-refractivity contribution in [3.8, 4) is 5.75 Å². The molecular formula is C16H11FO4. The van der Waals surface area contributed by atoms with Crippen LogP contribution in [0.25, 0.3) is 6.08 Å². The Bertz CT molecular complexity index is 690. The molecule has 0 bridgehead atoms. The molecule has 0 aliphatic carbocycles. The largest absolute Gasteiger partial charge is 0.478 e. The van der Waals surface area contributed by atoms with Gasteiger partial charge < -0.3 is 9.84 Å². The summed E-state index contributed by atoms with van der Waals surface area (Å²) in [6, 6.07) is 11.4. The molecule has 4 nitrogen and oxygen atoms in total. The van der Waals surface area contributed by atoms with E-state index in [-0.39, 0.29) is 17.1 Å². The normalized spacial score (nSPS) is 10.5. The molecule has 0 fully saturated rings. The molecule has 106 valence electrons. The number of ether oxygens (including phenoxy) is 1. The lowest BCUT2D eigenvalue weighted by Crippen LogP contribution is -2.08. The van der Waals surface area contributed by atoms with Crippen molar-refractivity contribution in [2.45, 2.75) is 0 Å². The summed E-state index contributed by atoms with van der Waals surface area (Å²) in [4.78, 5) is 22.6. The van der Waals surface area contributed by atoms with Crippen LogP contribution in [0.15, 0.2) is 54.6 Å². The average Bonchev–Trinajstić information content (AvgIpc) is 2.47. The lowest BCUT2D eigenvalue weighted by atomic mass is 10.2. The minimum Gasteiger partial charge on any atom is -0.478 e. The fourth-order valence-corrected chi connectivity index (χ4v) is 1.61. The second kappa shape index (κ2) is 6.47. The molecule has 0 amide bonds. The van der Waals surface area contributed by atoms with Gasteiger partial charge >= 0.3 is 11.9 Å². The van der Waals surface area contributed by atoms with E-state index in [1.807, 2.05) is 0 Å². The predicted molar refractivity (Wildman–Crippen MR) is 74.5 cm³/mol. The Balaban J connectivity index is 2.08. The summed E-state index contributed by atoms with van der Waals surface area (Å²) in [7, 11) is 0. The van der Waals surface area contributed by atoms with Crippen LogP contribution in [0.1, 0.15) is 15.9 Å². The highest BCUT2D eigenvalue weighted by molar-refractivity contribution is 5.94. The first-order valence-electron chi connectivity index (χ1n) is 6.04. The SMILES string of the molecule is O=C(/C=C/c1ccc(F)cc1)Oc1ccccc1C(=O)O. The van der Waals surface area contributed by atoms with Gasteiger partial charge in [-0.15, -0.1) is 0 Å². The Morgan fingerprint density at radius 3 is 2.38 bits per heavy atom. The van der Waals surface area contributed by atoms with E-state index in [9.17, 15) is 14.0 Å². The number of hydrogen-bond donors (Lipinski definition) is 1. The summed E-state index contributed by atoms with van der Waals surface area (Å²) >= 11 is 0. The van der Waals surface area contributed by atoms with E-state index in [1.165, 1.54) is 48.5 Å². The number of carboxylic acids is 1. The number of rotatable bonds is 4. The van der Waals surface area contributed by atoms with Gasteiger partial charge in [0.05, 0.1) is 0 Å². The van der Waals surface area contributed by atoms with Gasteiger partial charge in [-0.05, 0) is 35.9 Å². The van der Waals surface area contributed by atoms with Gasteiger partial charge in [-0.1, -0.05) is 24.3 Å². The van der Waals surface area contributed by atoms with Crippen molar-refractivity contribution >= 4 is 18.0 Å². The smallest absolute Gasteiger partial charge is 0.339 e. The number of aromatic carboxylic acids is 1. The van der Waals surface area contributed by atoms with Crippen LogP contribution in [0.4, 0.5) is 4.39 Å². The van der Waals surface area contributed by atoms with Crippen LogP contribution < -0.4 is 4.74 Å². The van der Waals surface area contributed by atoms with Crippen molar-refractivity contribution in [1.82, 2.24) is 0 Å². The molecular weight excluding hydrogens is 275 g/mol. The van der Waals surface area contributed by atoms with Crippen molar-refractivity contribution in [3.63, 3.8) is 0 Å². The second-order valence-electron chi connectivity index (χ2n) is 4.11. The molecule has 0 heterocycles. The molecule has 0 spiro atoms. The monoisotopic (exact) mass is 286 g/mol. The maximum atomic E-state index is 12.7. The maximum Gasteiger partial charge on any atom is 0.339 e. The Hall–Kier alpha value is -2.95. The summed E-state index contributed by atoms with van der Waals surface area (Å²) < 4.78 is 17.7. The van der Waals surface area contributed by atoms with Gasteiger partial charge in [0.15, 0.2) is 0 Å². The first-order valence-corrected chi connectivity index (χ1v) is 6.04. The minimum atomic E-state index is -1.18. The van der Waals surface area contributed by atoms with E-state index in [4.69, 9.17) is 9.84 Å². The Labute approximate surface area is 120 Å². The molecule has 0 atom stereocenters. The van der Waals surface area contributed by atoms with Crippen LogP contribution >= 0.6 is 0 Å². The molecule has 2 rings (SSSR count). The zero-order chi connectivity index (χ0) is 15.2. The third-order valence-electron chi connectivity index (χ3n) is 2.61. The van der Waals surface area contributed by atoms with Crippen LogP contribution in [0, 0.1) is 5.82 Å². The number of hydrogen-bond acceptors (Lipinski definition) is 3. The van der Waals surface area contributed by atoms with Gasteiger partial charge in [-0.3, -0.25) is 0 Å². The zero-order valence-corrected chi connectivity index (χ0v) is 10.8. The van der Waals surface area contributed by atoms with Gasteiger partial charge in [-0.2, -0.15) is 0 Å². The maximum absolute atomic E-state index is 12.7. The standard InChI is InChI=1S/C16H11FO4/c17-12-8-5-11(6-9-12)7-10-15(18)21-14-4-2-1-3-13(14)16(19)20/h1-10H,(H,19,20)/b10-7+. The number of halogens is 1. The van der Waals surface area contributed by atoms with E-state index >= 15 is 0 Å². The molecule has 0 saturated heterocycles. The molecule has 2 aromatic carbocycles. The molecule has 21 heavy (non-hydrogen) atoms. The van der Waals surface area contributed by atoms with Crippen LogP contribution in [-0.2, 0) is 4.79 Å². The Morgan fingerprint density at radius 2 is 1.71 bits per heavy atom. The van der Waals surface area contributed by atoms with E-state index in [2.05, 4.69) is 0 Å². The van der Waals surface area contributed by atoms with Crippen molar-refractivity contribution < 1.29 is 23.8 Å². The second-order valence-corrected chi connectivity index (χ2v) is 4.11. The molecule has 0 aliphatic rings. The third kappa shape index (κ3) is 4.01. The van der Waals surface area contributed by atoms with Crippen molar-refractivity contribution in [2.75, 3.05) is 0 Å². The van der Waals surface area contributed by atoms with E-state index in [1.54, 1.807) is 6.07 Å². The predicted octanol–water partition coefficient (Wildman–Crippen LogP) is 3.14. The van der Waals surface area contributed by atoms with Crippen molar-refractivity contribution in [2.24, 2.45) is 0 Å². The van der Waals surface area contributed by atoms with Crippen LogP contribution in [-0.4, -0.2) is 17.0 Å². The summed E-state index contributed by atoms with van der Waals surface area (Å²) in [6.07, 6.45) is 2.59. The quantitative estimate of drug-likeness (QED) is 0.533. The number of carboxylic acid groups (broad SMARTS) is 1. The first kappa shape index (κ1) is 14.5. The minimum absolute atomic E-state index is 0.0289. The lowest BCUT2D eigenvalue weighted by molar-refractivity contribution is -0.128. The van der Waals surface area contributed by atoms with Crippen molar-refractivity contribution in [3.05, 3.63) is 71.6 Å². The van der Waals surface area contributed by atoms with Crippen molar-refractivity contribution in [1.29, 1.82) is 0 Å². The number of carbonyl (C=O) groups is 2. The zero-order valence-electron chi connectivity index (χ0n) is 10.8. The molecule has 0 aliphatic heterocycles. The van der Waals surface area contributed by atoms with E-state index in [0.29, 0.717) is 5.56 Å². The Morgan fingerprint density at radius 1 is 1.05 bits per heavy atom.